The van der Waals surface area contributed by atoms with E-state index in [4.69, 9.17) is 10.5 Å². The molecule has 0 unspecified atom stereocenters. The number of para-hydroxylation sites is 2. The first-order chi connectivity index (χ1) is 22.9. The van der Waals surface area contributed by atoms with E-state index < -0.39 is 22.2 Å². The highest BCUT2D eigenvalue weighted by atomic mass is 32.2. The third-order valence-electron chi connectivity index (χ3n) is 8.38. The Morgan fingerprint density at radius 2 is 1.65 bits per heavy atom. The maximum atomic E-state index is 13.8. The second-order valence-corrected chi connectivity index (χ2v) is 14.2. The highest BCUT2D eigenvalue weighted by molar-refractivity contribution is 7.89. The quantitative estimate of drug-likeness (QED) is 0.144. The molecule has 5 N–H and O–H groups in total. The van der Waals surface area contributed by atoms with Crippen LogP contribution < -0.4 is 21.1 Å². The number of hydrogen-bond donors (Lipinski definition) is 4. The van der Waals surface area contributed by atoms with E-state index in [-0.39, 0.29) is 66.0 Å². The van der Waals surface area contributed by atoms with Crippen molar-refractivity contribution in [2.75, 3.05) is 43.1 Å². The fraction of sp³-hybridized carbons (Fsp3) is 0.400. The number of likely N-dealkylation sites (N-methyl/N-ethyl adjacent to an activating group) is 1. The molecule has 0 fully saturated rings. The number of carbonyl (C=O) groups excluding carboxylic acids is 3. The Morgan fingerprint density at radius 1 is 1.00 bits per heavy atom. The SMILES string of the molecule is C[C@H](CO)N1C[C@H](C)[C@@H](CN(C)S(=O)(=O)c2ccccc2)Oc2ccc(NC(=O)CCCCCC(=O)Nc3ccccc3N)cc2C1=O. The maximum absolute atomic E-state index is 13.8. The number of nitrogens with one attached hydrogen (secondary N) is 2. The highest BCUT2D eigenvalue weighted by Crippen LogP contribution is 2.31. The van der Waals surface area contributed by atoms with Crippen LogP contribution in [0.25, 0.3) is 0 Å². The Bertz CT molecular complexity index is 1690. The van der Waals surface area contributed by atoms with Crippen molar-refractivity contribution in [2.45, 2.75) is 63.0 Å². The van der Waals surface area contributed by atoms with Crippen molar-refractivity contribution in [3.05, 3.63) is 78.4 Å². The topological polar surface area (TPSA) is 171 Å². The summed E-state index contributed by atoms with van der Waals surface area (Å²) in [7, 11) is -2.30. The lowest BCUT2D eigenvalue weighted by molar-refractivity contribution is -0.116. The summed E-state index contributed by atoms with van der Waals surface area (Å²) in [5, 5.41) is 15.6. The number of benzene rings is 3. The number of nitrogens with two attached hydrogens (primary N) is 1. The van der Waals surface area contributed by atoms with Gasteiger partial charge < -0.3 is 31.1 Å². The first-order valence-electron chi connectivity index (χ1n) is 16.1. The molecule has 0 radical (unpaired) electrons. The molecule has 1 heterocycles. The van der Waals surface area contributed by atoms with E-state index in [0.717, 1.165) is 0 Å². The van der Waals surface area contributed by atoms with E-state index in [2.05, 4.69) is 10.6 Å². The van der Waals surface area contributed by atoms with Gasteiger partial charge in [0.15, 0.2) is 0 Å². The van der Waals surface area contributed by atoms with Crippen LogP contribution in [0, 0.1) is 5.92 Å². The van der Waals surface area contributed by atoms with Gasteiger partial charge in [-0.25, -0.2) is 8.42 Å². The van der Waals surface area contributed by atoms with Gasteiger partial charge in [0.25, 0.3) is 5.91 Å². The molecule has 0 aliphatic carbocycles. The molecule has 4 rings (SSSR count). The molecule has 258 valence electrons. The summed E-state index contributed by atoms with van der Waals surface area (Å²) >= 11 is 0. The van der Waals surface area contributed by atoms with Crippen LogP contribution in [-0.2, 0) is 19.6 Å². The fourth-order valence-electron chi connectivity index (χ4n) is 5.44. The van der Waals surface area contributed by atoms with E-state index in [1.54, 1.807) is 72.5 Å². The lowest BCUT2D eigenvalue weighted by Crippen LogP contribution is -2.50. The van der Waals surface area contributed by atoms with Gasteiger partial charge in [0, 0.05) is 38.0 Å². The number of nitrogen functional groups attached to an aromatic ring is 1. The van der Waals surface area contributed by atoms with E-state index in [1.807, 2.05) is 6.92 Å². The lowest BCUT2D eigenvalue weighted by Gasteiger charge is -2.38. The standard InChI is InChI=1S/C35H45N5O7S/c1-24-21-40(25(2)23-41)35(44)28-20-26(37-33(42)16-8-5-9-17-34(43)38-30-15-11-10-14-29(30)36)18-19-31(28)47-32(24)22-39(3)48(45,46)27-12-6-4-7-13-27/h4,6-7,10-15,18-20,24-25,32,41H,5,8-9,16-17,21-23,36H2,1-3H3,(H,37,42)(H,38,43)/t24-,25+,32+/m0/s1. The minimum absolute atomic E-state index is 0.0217. The number of aliphatic hydroxyl groups excluding tert-OH is 1. The van der Waals surface area contributed by atoms with E-state index in [1.165, 1.54) is 23.5 Å². The number of aliphatic hydroxyl groups is 1. The second kappa shape index (κ2) is 16.6. The highest BCUT2D eigenvalue weighted by Gasteiger charge is 2.35. The molecule has 0 aromatic heterocycles. The van der Waals surface area contributed by atoms with Crippen molar-refractivity contribution in [1.82, 2.24) is 9.21 Å². The van der Waals surface area contributed by atoms with Crippen LogP contribution >= 0.6 is 0 Å². The average molecular weight is 680 g/mol. The lowest BCUT2D eigenvalue weighted by atomic mass is 9.99. The Hall–Kier alpha value is -4.46. The number of anilines is 3. The van der Waals surface area contributed by atoms with Crippen molar-refractivity contribution in [3.63, 3.8) is 0 Å². The minimum Gasteiger partial charge on any atom is -0.488 e. The van der Waals surface area contributed by atoms with E-state index in [9.17, 15) is 27.9 Å². The van der Waals surface area contributed by atoms with Crippen LogP contribution in [0.3, 0.4) is 0 Å². The monoisotopic (exact) mass is 679 g/mol. The zero-order valence-electron chi connectivity index (χ0n) is 27.6. The predicted molar refractivity (Wildman–Crippen MR) is 185 cm³/mol. The molecule has 3 aromatic carbocycles. The summed E-state index contributed by atoms with van der Waals surface area (Å²) in [6.45, 7) is 3.59. The number of nitrogens with zero attached hydrogens (tertiary/aromatic N) is 2. The number of amides is 3. The van der Waals surface area contributed by atoms with Crippen LogP contribution in [0.5, 0.6) is 5.75 Å². The van der Waals surface area contributed by atoms with Crippen LogP contribution in [0.4, 0.5) is 17.1 Å². The Morgan fingerprint density at radius 3 is 2.31 bits per heavy atom. The van der Waals surface area contributed by atoms with Crippen molar-refractivity contribution >= 4 is 44.8 Å². The minimum atomic E-state index is -3.80. The number of ether oxygens (including phenoxy) is 1. The van der Waals surface area contributed by atoms with Crippen LogP contribution in [0.2, 0.25) is 0 Å². The summed E-state index contributed by atoms with van der Waals surface area (Å²) in [6, 6.07) is 19.4. The summed E-state index contributed by atoms with van der Waals surface area (Å²) in [5.41, 5.74) is 7.54. The van der Waals surface area contributed by atoms with Gasteiger partial charge in [0.05, 0.1) is 41.0 Å². The molecule has 0 saturated carbocycles. The van der Waals surface area contributed by atoms with Crippen molar-refractivity contribution in [1.29, 1.82) is 0 Å². The molecular weight excluding hydrogens is 634 g/mol. The number of rotatable bonds is 14. The van der Waals surface area contributed by atoms with Crippen LogP contribution in [-0.4, -0.2) is 79.3 Å². The van der Waals surface area contributed by atoms with Gasteiger partial charge in [0.2, 0.25) is 21.8 Å². The Kier molecular flexibility index (Phi) is 12.6. The van der Waals surface area contributed by atoms with E-state index >= 15 is 0 Å². The van der Waals surface area contributed by atoms with Gasteiger partial charge in [-0.15, -0.1) is 0 Å². The maximum Gasteiger partial charge on any atom is 0.258 e. The summed E-state index contributed by atoms with van der Waals surface area (Å²) in [5.74, 6) is -0.780. The summed E-state index contributed by atoms with van der Waals surface area (Å²) in [4.78, 5) is 40.5. The third-order valence-corrected chi connectivity index (χ3v) is 10.2. The Balaban J connectivity index is 1.40. The smallest absolute Gasteiger partial charge is 0.258 e. The molecule has 3 amide bonds. The normalized spacial score (nSPS) is 17.1. The molecule has 3 aromatic rings. The van der Waals surface area contributed by atoms with Crippen molar-refractivity contribution in [3.8, 4) is 5.75 Å². The summed E-state index contributed by atoms with van der Waals surface area (Å²) in [6.07, 6.45) is 1.76. The second-order valence-electron chi connectivity index (χ2n) is 12.2. The molecule has 12 nitrogen and oxygen atoms in total. The van der Waals surface area contributed by atoms with Crippen LogP contribution in [0.15, 0.2) is 77.7 Å². The molecule has 3 atom stereocenters. The molecular formula is C35H45N5O7S. The molecule has 0 bridgehead atoms. The van der Waals surface area contributed by atoms with E-state index in [0.29, 0.717) is 42.7 Å². The third kappa shape index (κ3) is 9.33. The van der Waals surface area contributed by atoms with Crippen LogP contribution in [0.1, 0.15) is 56.3 Å². The molecule has 0 saturated heterocycles. The molecule has 48 heavy (non-hydrogen) atoms. The Labute approximate surface area is 282 Å². The molecule has 0 spiro atoms. The van der Waals surface area contributed by atoms with Crippen molar-refractivity contribution < 1.29 is 32.6 Å². The van der Waals surface area contributed by atoms with Gasteiger partial charge in [-0.3, -0.25) is 14.4 Å². The van der Waals surface area contributed by atoms with Gasteiger partial charge in [-0.1, -0.05) is 43.7 Å². The largest absolute Gasteiger partial charge is 0.488 e. The number of fused-ring (bicyclic) bond motifs is 1. The summed E-state index contributed by atoms with van der Waals surface area (Å²) < 4.78 is 34.1. The van der Waals surface area contributed by atoms with Gasteiger partial charge >= 0.3 is 0 Å². The molecule has 1 aliphatic heterocycles. The fourth-order valence-corrected chi connectivity index (χ4v) is 6.64. The predicted octanol–water partition coefficient (Wildman–Crippen LogP) is 4.34. The zero-order valence-corrected chi connectivity index (χ0v) is 28.4. The van der Waals surface area contributed by atoms with Gasteiger partial charge in [0.1, 0.15) is 11.9 Å². The first kappa shape index (κ1) is 36.4. The zero-order chi connectivity index (χ0) is 34.8. The number of carbonyl (C=O) groups is 3. The number of sulfonamides is 1. The first-order valence-corrected chi connectivity index (χ1v) is 17.5. The number of hydrogen-bond acceptors (Lipinski definition) is 8. The number of unbranched alkanes of at least 4 members (excludes halogenated alkanes) is 2. The molecule has 1 aliphatic rings. The van der Waals surface area contributed by atoms with Crippen molar-refractivity contribution in [2.24, 2.45) is 5.92 Å². The van der Waals surface area contributed by atoms with Gasteiger partial charge in [-0.2, -0.15) is 4.31 Å². The molecule has 13 heteroatoms. The van der Waals surface area contributed by atoms with Gasteiger partial charge in [-0.05, 0) is 62.2 Å². The average Bonchev–Trinajstić information content (AvgIpc) is 3.07.